The quantitative estimate of drug-likeness (QED) is 0.262. The molecule has 0 saturated heterocycles. The van der Waals surface area contributed by atoms with Crippen molar-refractivity contribution in [3.05, 3.63) is 76.6 Å². The van der Waals surface area contributed by atoms with E-state index in [1.165, 1.54) is 28.7 Å². The van der Waals surface area contributed by atoms with Crippen LogP contribution >= 0.6 is 22.7 Å². The second-order valence-electron chi connectivity index (χ2n) is 6.95. The molecule has 0 unspecified atom stereocenters. The number of aromatic nitrogens is 1. The van der Waals surface area contributed by atoms with E-state index < -0.39 is 24.5 Å². The summed E-state index contributed by atoms with van der Waals surface area (Å²) in [6.45, 7) is 1.42. The summed E-state index contributed by atoms with van der Waals surface area (Å²) in [6, 6.07) is 18.9. The minimum absolute atomic E-state index is 0.212. The van der Waals surface area contributed by atoms with Gasteiger partial charge in [0, 0.05) is 11.0 Å². The fraction of sp³-hybridized carbons (Fsp3) is 0.120. The number of thiophene rings is 1. The third kappa shape index (κ3) is 5.75. The van der Waals surface area contributed by atoms with Gasteiger partial charge in [0.15, 0.2) is 6.61 Å². The summed E-state index contributed by atoms with van der Waals surface area (Å²) in [5.74, 6) is -1.76. The van der Waals surface area contributed by atoms with Gasteiger partial charge < -0.3 is 14.8 Å². The Morgan fingerprint density at radius 1 is 1.00 bits per heavy atom. The number of benzene rings is 2. The Bertz CT molecular complexity index is 1330. The van der Waals surface area contributed by atoms with Crippen LogP contribution in [0.4, 0.5) is 5.69 Å². The van der Waals surface area contributed by atoms with Crippen molar-refractivity contribution in [1.29, 1.82) is 0 Å². The van der Waals surface area contributed by atoms with Gasteiger partial charge in [-0.15, -0.1) is 22.7 Å². The number of hydrogen-bond acceptors (Lipinski definition) is 8. The van der Waals surface area contributed by atoms with E-state index in [-0.39, 0.29) is 11.5 Å². The van der Waals surface area contributed by atoms with Gasteiger partial charge in [-0.1, -0.05) is 42.5 Å². The van der Waals surface area contributed by atoms with Crippen molar-refractivity contribution < 1.29 is 23.9 Å². The Labute approximate surface area is 203 Å². The first-order valence-corrected chi connectivity index (χ1v) is 12.0. The zero-order chi connectivity index (χ0) is 23.9. The van der Waals surface area contributed by atoms with Gasteiger partial charge in [-0.3, -0.25) is 4.79 Å². The molecule has 0 fully saturated rings. The van der Waals surface area contributed by atoms with Crippen LogP contribution < -0.4 is 5.32 Å². The lowest BCUT2D eigenvalue weighted by Crippen LogP contribution is -2.21. The lowest BCUT2D eigenvalue weighted by atomic mass is 10.2. The molecular weight excluding hydrogens is 472 g/mol. The summed E-state index contributed by atoms with van der Waals surface area (Å²) in [6.07, 6.45) is 2.78. The van der Waals surface area contributed by atoms with Crippen molar-refractivity contribution in [1.82, 2.24) is 4.98 Å². The number of thiazole rings is 1. The van der Waals surface area contributed by atoms with E-state index in [1.54, 1.807) is 19.1 Å². The normalized spacial score (nSPS) is 11.0. The largest absolute Gasteiger partial charge is 0.462 e. The summed E-state index contributed by atoms with van der Waals surface area (Å²) in [7, 11) is 0. The Morgan fingerprint density at radius 3 is 2.53 bits per heavy atom. The van der Waals surface area contributed by atoms with Crippen molar-refractivity contribution in [2.24, 2.45) is 0 Å². The monoisotopic (exact) mass is 492 g/mol. The summed E-state index contributed by atoms with van der Waals surface area (Å²) in [4.78, 5) is 42.3. The molecule has 2 aromatic carbocycles. The van der Waals surface area contributed by atoms with E-state index in [2.05, 4.69) is 10.3 Å². The highest BCUT2D eigenvalue weighted by Crippen LogP contribution is 2.35. The topological polar surface area (TPSA) is 94.6 Å². The highest BCUT2D eigenvalue weighted by Gasteiger charge is 2.20. The molecule has 0 radical (unpaired) electrons. The van der Waals surface area contributed by atoms with E-state index in [0.29, 0.717) is 10.7 Å². The van der Waals surface area contributed by atoms with Crippen LogP contribution in [0.5, 0.6) is 0 Å². The van der Waals surface area contributed by atoms with Crippen molar-refractivity contribution in [2.75, 3.05) is 18.5 Å². The Morgan fingerprint density at radius 2 is 1.76 bits per heavy atom. The highest BCUT2D eigenvalue weighted by molar-refractivity contribution is 7.19. The van der Waals surface area contributed by atoms with E-state index in [4.69, 9.17) is 9.47 Å². The van der Waals surface area contributed by atoms with Crippen molar-refractivity contribution in [3.8, 4) is 10.4 Å². The molecular formula is C25H20N2O5S2. The number of para-hydroxylation sites is 1. The van der Waals surface area contributed by atoms with Crippen LogP contribution in [0.25, 0.3) is 26.7 Å². The molecule has 0 atom stereocenters. The van der Waals surface area contributed by atoms with Crippen molar-refractivity contribution in [3.63, 3.8) is 0 Å². The van der Waals surface area contributed by atoms with Crippen LogP contribution in [0.3, 0.4) is 0 Å². The standard InChI is InChI=1S/C25H20N2O5S2/c1-2-31-25(30)24-18(14-20(34-24)16-8-4-3-5-9-16)26-21(28)15-32-23(29)13-12-22-27-17-10-6-7-11-19(17)33-22/h3-14H,2,15H2,1H3,(H,26,28)/b13-12+. The van der Waals surface area contributed by atoms with Crippen LogP contribution in [0.1, 0.15) is 21.6 Å². The molecule has 0 bridgehead atoms. The predicted molar refractivity (Wildman–Crippen MR) is 134 cm³/mol. The molecule has 9 heteroatoms. The molecule has 4 aromatic rings. The number of rotatable bonds is 8. The van der Waals surface area contributed by atoms with Crippen molar-refractivity contribution >= 4 is 62.5 Å². The van der Waals surface area contributed by atoms with E-state index in [1.807, 2.05) is 54.6 Å². The van der Waals surface area contributed by atoms with Gasteiger partial charge in [0.2, 0.25) is 0 Å². The predicted octanol–water partition coefficient (Wildman–Crippen LogP) is 5.40. The molecule has 0 saturated carbocycles. The number of ether oxygens (including phenoxy) is 2. The molecule has 2 heterocycles. The van der Waals surface area contributed by atoms with Crippen molar-refractivity contribution in [2.45, 2.75) is 6.92 Å². The first-order valence-electron chi connectivity index (χ1n) is 10.4. The number of hydrogen-bond donors (Lipinski definition) is 1. The van der Waals surface area contributed by atoms with E-state index in [0.717, 1.165) is 20.7 Å². The third-order valence-electron chi connectivity index (χ3n) is 4.54. The number of amides is 1. The molecule has 1 N–H and O–H groups in total. The smallest absolute Gasteiger partial charge is 0.350 e. The van der Waals surface area contributed by atoms with Gasteiger partial charge in [-0.2, -0.15) is 0 Å². The van der Waals surface area contributed by atoms with Crippen LogP contribution in [-0.4, -0.2) is 36.0 Å². The van der Waals surface area contributed by atoms with Gasteiger partial charge in [0.05, 0.1) is 22.5 Å². The number of carbonyl (C=O) groups excluding carboxylic acids is 3. The maximum absolute atomic E-state index is 12.4. The fourth-order valence-electron chi connectivity index (χ4n) is 3.05. The van der Waals surface area contributed by atoms with Crippen LogP contribution in [0.2, 0.25) is 0 Å². The first-order chi connectivity index (χ1) is 16.5. The van der Waals surface area contributed by atoms with Gasteiger partial charge in [-0.25, -0.2) is 14.6 Å². The molecule has 172 valence electrons. The summed E-state index contributed by atoms with van der Waals surface area (Å²) in [5, 5.41) is 3.31. The third-order valence-corrected chi connectivity index (χ3v) is 6.71. The van der Waals surface area contributed by atoms with E-state index >= 15 is 0 Å². The highest BCUT2D eigenvalue weighted by atomic mass is 32.1. The summed E-state index contributed by atoms with van der Waals surface area (Å²) >= 11 is 2.67. The minimum Gasteiger partial charge on any atom is -0.462 e. The number of nitrogens with one attached hydrogen (secondary N) is 1. The second kappa shape index (κ2) is 10.9. The number of esters is 2. The maximum atomic E-state index is 12.4. The van der Waals surface area contributed by atoms with Gasteiger partial charge >= 0.3 is 11.9 Å². The van der Waals surface area contributed by atoms with Crippen LogP contribution in [0.15, 0.2) is 66.7 Å². The number of anilines is 1. The number of nitrogens with zero attached hydrogens (tertiary/aromatic N) is 1. The Hall–Kier alpha value is -3.82. The lowest BCUT2D eigenvalue weighted by molar-refractivity contribution is -0.142. The Balaban J connectivity index is 1.39. The minimum atomic E-state index is -0.671. The van der Waals surface area contributed by atoms with Gasteiger partial charge in [0.25, 0.3) is 5.91 Å². The van der Waals surface area contributed by atoms with Crippen LogP contribution in [-0.2, 0) is 19.1 Å². The maximum Gasteiger partial charge on any atom is 0.350 e. The molecule has 7 nitrogen and oxygen atoms in total. The average Bonchev–Trinajstić information content (AvgIpc) is 3.46. The average molecular weight is 493 g/mol. The number of fused-ring (bicyclic) bond motifs is 1. The SMILES string of the molecule is CCOC(=O)c1sc(-c2ccccc2)cc1NC(=O)COC(=O)/C=C/c1nc2ccccc2s1. The molecule has 0 aliphatic carbocycles. The number of carbonyl (C=O) groups is 3. The molecule has 2 aromatic heterocycles. The molecule has 0 aliphatic rings. The Kier molecular flexibility index (Phi) is 7.46. The second-order valence-corrected chi connectivity index (χ2v) is 9.06. The van der Waals surface area contributed by atoms with Gasteiger partial charge in [-0.05, 0) is 36.8 Å². The molecule has 0 spiro atoms. The lowest BCUT2D eigenvalue weighted by Gasteiger charge is -2.06. The zero-order valence-electron chi connectivity index (χ0n) is 18.1. The summed E-state index contributed by atoms with van der Waals surface area (Å²) < 4.78 is 11.2. The molecule has 4 rings (SSSR count). The molecule has 0 aliphatic heterocycles. The first kappa shape index (κ1) is 23.3. The zero-order valence-corrected chi connectivity index (χ0v) is 19.8. The summed E-state index contributed by atoms with van der Waals surface area (Å²) in [5.41, 5.74) is 2.07. The van der Waals surface area contributed by atoms with Crippen LogP contribution in [0, 0.1) is 0 Å². The van der Waals surface area contributed by atoms with Gasteiger partial charge in [0.1, 0.15) is 9.88 Å². The molecule has 34 heavy (non-hydrogen) atoms. The van der Waals surface area contributed by atoms with E-state index in [9.17, 15) is 14.4 Å². The molecule has 1 amide bonds. The fourth-order valence-corrected chi connectivity index (χ4v) is 4.93.